The van der Waals surface area contributed by atoms with Crippen LogP contribution in [0.5, 0.6) is 0 Å². The molecule has 0 unspecified atom stereocenters. The van der Waals surface area contributed by atoms with Crippen LogP contribution in [-0.4, -0.2) is 19.0 Å². The Morgan fingerprint density at radius 1 is 1.33 bits per heavy atom. The quantitative estimate of drug-likeness (QED) is 0.873. The lowest BCUT2D eigenvalue weighted by molar-refractivity contribution is -0.115. The maximum absolute atomic E-state index is 12.1. The zero-order valence-corrected chi connectivity index (χ0v) is 13.2. The molecule has 0 spiro atoms. The van der Waals surface area contributed by atoms with Gasteiger partial charge in [-0.2, -0.15) is 11.3 Å². The Hall–Kier alpha value is -1.85. The minimum atomic E-state index is -0.461. The number of amides is 1. The molecule has 0 fully saturated rings. The third-order valence-electron chi connectivity index (χ3n) is 3.03. The van der Waals surface area contributed by atoms with Gasteiger partial charge in [-0.25, -0.2) is 4.79 Å². The monoisotopic (exact) mass is 323 g/mol. The molecule has 2 rings (SSSR count). The van der Waals surface area contributed by atoms with E-state index in [1.54, 1.807) is 19.1 Å². The first-order valence-corrected chi connectivity index (χ1v) is 7.53. The van der Waals surface area contributed by atoms with Gasteiger partial charge >= 0.3 is 5.97 Å². The number of methoxy groups -OCH3 is 1. The molecule has 0 aliphatic heterocycles. The Bertz CT molecular complexity index is 668. The second-order valence-electron chi connectivity index (χ2n) is 4.44. The van der Waals surface area contributed by atoms with E-state index in [-0.39, 0.29) is 12.3 Å². The van der Waals surface area contributed by atoms with Gasteiger partial charge in [-0.1, -0.05) is 11.6 Å². The molecule has 0 saturated heterocycles. The van der Waals surface area contributed by atoms with Crippen molar-refractivity contribution in [3.8, 4) is 0 Å². The molecule has 1 heterocycles. The van der Waals surface area contributed by atoms with Gasteiger partial charge in [0.15, 0.2) is 0 Å². The Balaban J connectivity index is 2.22. The van der Waals surface area contributed by atoms with Crippen LogP contribution in [0.4, 0.5) is 5.69 Å². The van der Waals surface area contributed by atoms with Crippen molar-refractivity contribution in [2.75, 3.05) is 12.4 Å². The number of carbonyl (C=O) groups is 2. The SMILES string of the molecule is COC(=O)c1ccc(Cl)c(NC(=O)Cc2ccsc2)c1C. The average molecular weight is 324 g/mol. The number of rotatable bonds is 4. The van der Waals surface area contributed by atoms with Crippen molar-refractivity contribution in [3.05, 3.63) is 50.7 Å². The van der Waals surface area contributed by atoms with Crippen LogP contribution >= 0.6 is 22.9 Å². The van der Waals surface area contributed by atoms with Gasteiger partial charge in [-0.3, -0.25) is 4.79 Å². The van der Waals surface area contributed by atoms with Gasteiger partial charge in [0.1, 0.15) is 0 Å². The molecule has 0 radical (unpaired) electrons. The topological polar surface area (TPSA) is 55.4 Å². The van der Waals surface area contributed by atoms with E-state index in [9.17, 15) is 9.59 Å². The first-order valence-electron chi connectivity index (χ1n) is 6.21. The lowest BCUT2D eigenvalue weighted by atomic mass is 10.1. The van der Waals surface area contributed by atoms with Crippen LogP contribution < -0.4 is 5.32 Å². The van der Waals surface area contributed by atoms with Crippen molar-refractivity contribution in [2.24, 2.45) is 0 Å². The molecule has 1 aromatic heterocycles. The van der Waals surface area contributed by atoms with Gasteiger partial charge in [0.2, 0.25) is 5.91 Å². The molecule has 1 amide bonds. The number of halogens is 1. The van der Waals surface area contributed by atoms with Crippen molar-refractivity contribution in [2.45, 2.75) is 13.3 Å². The Kier molecular flexibility index (Phi) is 4.98. The summed E-state index contributed by atoms with van der Waals surface area (Å²) in [5.41, 5.74) is 2.36. The number of esters is 1. The molecular formula is C15H14ClNO3S. The highest BCUT2D eigenvalue weighted by Gasteiger charge is 2.16. The minimum absolute atomic E-state index is 0.180. The van der Waals surface area contributed by atoms with Gasteiger partial charge in [0.25, 0.3) is 0 Å². The van der Waals surface area contributed by atoms with E-state index in [4.69, 9.17) is 16.3 Å². The standard InChI is InChI=1S/C15H14ClNO3S/c1-9-11(15(19)20-2)3-4-12(16)14(9)17-13(18)7-10-5-6-21-8-10/h3-6,8H,7H2,1-2H3,(H,17,18). The zero-order valence-electron chi connectivity index (χ0n) is 11.6. The second-order valence-corrected chi connectivity index (χ2v) is 5.63. The van der Waals surface area contributed by atoms with Crippen LogP contribution in [0.3, 0.4) is 0 Å². The summed E-state index contributed by atoms with van der Waals surface area (Å²) in [6, 6.07) is 5.04. The van der Waals surface area contributed by atoms with Gasteiger partial charge in [0, 0.05) is 0 Å². The average Bonchev–Trinajstić information content (AvgIpc) is 2.95. The van der Waals surface area contributed by atoms with E-state index in [1.807, 2.05) is 16.8 Å². The first-order chi connectivity index (χ1) is 10.0. The van der Waals surface area contributed by atoms with Crippen molar-refractivity contribution in [1.82, 2.24) is 0 Å². The summed E-state index contributed by atoms with van der Waals surface area (Å²) < 4.78 is 4.71. The summed E-state index contributed by atoms with van der Waals surface area (Å²) in [5, 5.41) is 6.98. The van der Waals surface area contributed by atoms with Gasteiger partial charge < -0.3 is 10.1 Å². The molecular weight excluding hydrogens is 310 g/mol. The number of anilines is 1. The predicted octanol–water partition coefficient (Wildman–Crippen LogP) is 3.68. The smallest absolute Gasteiger partial charge is 0.338 e. The van der Waals surface area contributed by atoms with Crippen LogP contribution in [0, 0.1) is 6.92 Å². The van der Waals surface area contributed by atoms with E-state index in [0.717, 1.165) is 5.56 Å². The molecule has 0 saturated carbocycles. The van der Waals surface area contributed by atoms with Crippen LogP contribution in [0.2, 0.25) is 5.02 Å². The fourth-order valence-electron chi connectivity index (χ4n) is 1.93. The lowest BCUT2D eigenvalue weighted by Gasteiger charge is -2.13. The summed E-state index contributed by atoms with van der Waals surface area (Å²) >= 11 is 7.65. The predicted molar refractivity (Wildman–Crippen MR) is 84.2 cm³/mol. The first kappa shape index (κ1) is 15.5. The number of thiophene rings is 1. The molecule has 21 heavy (non-hydrogen) atoms. The Labute approximate surface area is 131 Å². The molecule has 0 bridgehead atoms. The number of hydrogen-bond acceptors (Lipinski definition) is 4. The van der Waals surface area contributed by atoms with Crippen LogP contribution in [0.15, 0.2) is 29.0 Å². The zero-order chi connectivity index (χ0) is 15.4. The van der Waals surface area contributed by atoms with Crippen molar-refractivity contribution in [1.29, 1.82) is 0 Å². The maximum atomic E-state index is 12.1. The van der Waals surface area contributed by atoms with E-state index in [1.165, 1.54) is 18.4 Å². The number of carbonyl (C=O) groups excluding carboxylic acids is 2. The summed E-state index contributed by atoms with van der Waals surface area (Å²) in [6.07, 6.45) is 0.266. The highest BCUT2D eigenvalue weighted by atomic mass is 35.5. The fraction of sp³-hybridized carbons (Fsp3) is 0.200. The maximum Gasteiger partial charge on any atom is 0.338 e. The van der Waals surface area contributed by atoms with E-state index in [2.05, 4.69) is 5.32 Å². The van der Waals surface area contributed by atoms with E-state index < -0.39 is 5.97 Å². The minimum Gasteiger partial charge on any atom is -0.465 e. The molecule has 4 nitrogen and oxygen atoms in total. The van der Waals surface area contributed by atoms with Crippen molar-refractivity contribution >= 4 is 40.5 Å². The highest BCUT2D eigenvalue weighted by Crippen LogP contribution is 2.29. The third-order valence-corrected chi connectivity index (χ3v) is 4.08. The number of ether oxygens (including phenoxy) is 1. The van der Waals surface area contributed by atoms with Gasteiger partial charge in [-0.15, -0.1) is 0 Å². The van der Waals surface area contributed by atoms with E-state index in [0.29, 0.717) is 21.8 Å². The summed E-state index contributed by atoms with van der Waals surface area (Å²) in [7, 11) is 1.31. The molecule has 0 aliphatic rings. The molecule has 0 aliphatic carbocycles. The molecule has 1 aromatic carbocycles. The number of hydrogen-bond donors (Lipinski definition) is 1. The highest BCUT2D eigenvalue weighted by molar-refractivity contribution is 7.08. The third kappa shape index (κ3) is 3.62. The summed E-state index contributed by atoms with van der Waals surface area (Å²) in [5.74, 6) is -0.641. The van der Waals surface area contributed by atoms with Gasteiger partial charge in [0.05, 0.1) is 29.8 Å². The lowest BCUT2D eigenvalue weighted by Crippen LogP contribution is -2.16. The van der Waals surface area contributed by atoms with Crippen LogP contribution in [0.25, 0.3) is 0 Å². The fourth-order valence-corrected chi connectivity index (χ4v) is 2.85. The Morgan fingerprint density at radius 3 is 2.71 bits per heavy atom. The number of nitrogens with one attached hydrogen (secondary N) is 1. The van der Waals surface area contributed by atoms with Gasteiger partial charge in [-0.05, 0) is 47.0 Å². The van der Waals surface area contributed by atoms with Crippen LogP contribution in [0.1, 0.15) is 21.5 Å². The normalized spacial score (nSPS) is 10.2. The molecule has 0 atom stereocenters. The molecule has 1 N–H and O–H groups in total. The molecule has 110 valence electrons. The van der Waals surface area contributed by atoms with E-state index >= 15 is 0 Å². The largest absolute Gasteiger partial charge is 0.465 e. The van der Waals surface area contributed by atoms with Crippen molar-refractivity contribution < 1.29 is 14.3 Å². The summed E-state index contributed by atoms with van der Waals surface area (Å²) in [4.78, 5) is 23.7. The molecule has 6 heteroatoms. The van der Waals surface area contributed by atoms with Crippen molar-refractivity contribution in [3.63, 3.8) is 0 Å². The second kappa shape index (κ2) is 6.74. The molecule has 2 aromatic rings. The van der Waals surface area contributed by atoms with Crippen LogP contribution in [-0.2, 0) is 16.0 Å². The Morgan fingerprint density at radius 2 is 2.10 bits per heavy atom. The number of benzene rings is 1. The summed E-state index contributed by atoms with van der Waals surface area (Å²) in [6.45, 7) is 1.72.